The van der Waals surface area contributed by atoms with Crippen LogP contribution in [0.1, 0.15) is 18.1 Å². The first kappa shape index (κ1) is 14.5. The fourth-order valence-corrected chi connectivity index (χ4v) is 2.10. The molecule has 0 saturated carbocycles. The van der Waals surface area contributed by atoms with Crippen LogP contribution in [-0.4, -0.2) is 30.1 Å². The maximum absolute atomic E-state index is 5.58. The van der Waals surface area contributed by atoms with Crippen molar-refractivity contribution in [1.82, 2.24) is 9.97 Å². The van der Waals surface area contributed by atoms with E-state index >= 15 is 0 Å². The lowest BCUT2D eigenvalue weighted by Gasteiger charge is -2.17. The number of nitrogens with two attached hydrogens (primary N) is 1. The second-order valence-corrected chi connectivity index (χ2v) is 4.96. The summed E-state index contributed by atoms with van der Waals surface area (Å²) in [6, 6.07) is 8.56. The third-order valence-electron chi connectivity index (χ3n) is 3.40. The van der Waals surface area contributed by atoms with E-state index in [2.05, 4.69) is 41.2 Å². The van der Waals surface area contributed by atoms with Crippen molar-refractivity contribution in [3.05, 3.63) is 41.6 Å². The normalized spacial score (nSPS) is 10.6. The largest absolute Gasteiger partial charge is 0.343 e. The molecule has 0 spiro atoms. The molecule has 0 bridgehead atoms. The molecule has 0 radical (unpaired) electrons. The summed E-state index contributed by atoms with van der Waals surface area (Å²) >= 11 is 0. The van der Waals surface area contributed by atoms with Crippen LogP contribution in [0.15, 0.2) is 30.5 Å². The van der Waals surface area contributed by atoms with Crippen LogP contribution in [0.5, 0.6) is 0 Å². The highest BCUT2D eigenvalue weighted by molar-refractivity contribution is 5.64. The molecule has 1 aromatic carbocycles. The molecular formula is C16H22N4. The summed E-state index contributed by atoms with van der Waals surface area (Å²) in [6.07, 6.45) is 2.92. The van der Waals surface area contributed by atoms with Gasteiger partial charge in [0.2, 0.25) is 5.95 Å². The van der Waals surface area contributed by atoms with E-state index in [0.717, 1.165) is 35.7 Å². The van der Waals surface area contributed by atoms with E-state index in [1.807, 2.05) is 25.1 Å². The average molecular weight is 270 g/mol. The van der Waals surface area contributed by atoms with Gasteiger partial charge in [-0.1, -0.05) is 31.2 Å². The SMILES string of the molecule is CCc1ccc(-c2nc(N(C)CCN)ncc2C)cc1. The quantitative estimate of drug-likeness (QED) is 0.906. The lowest BCUT2D eigenvalue weighted by molar-refractivity contribution is 0.845. The fraction of sp³-hybridized carbons (Fsp3) is 0.375. The number of hydrogen-bond acceptors (Lipinski definition) is 4. The monoisotopic (exact) mass is 270 g/mol. The lowest BCUT2D eigenvalue weighted by atomic mass is 10.1. The number of anilines is 1. The minimum Gasteiger partial charge on any atom is -0.343 e. The van der Waals surface area contributed by atoms with Gasteiger partial charge in [0.25, 0.3) is 0 Å². The summed E-state index contributed by atoms with van der Waals surface area (Å²) in [5, 5.41) is 0. The number of likely N-dealkylation sites (N-methyl/N-ethyl adjacent to an activating group) is 1. The van der Waals surface area contributed by atoms with Crippen LogP contribution in [0.2, 0.25) is 0 Å². The topological polar surface area (TPSA) is 55.0 Å². The van der Waals surface area contributed by atoms with Crippen LogP contribution >= 0.6 is 0 Å². The van der Waals surface area contributed by atoms with Gasteiger partial charge in [-0.3, -0.25) is 0 Å². The second kappa shape index (κ2) is 6.48. The van der Waals surface area contributed by atoms with E-state index in [9.17, 15) is 0 Å². The van der Waals surface area contributed by atoms with Crippen molar-refractivity contribution in [1.29, 1.82) is 0 Å². The third-order valence-corrected chi connectivity index (χ3v) is 3.40. The maximum atomic E-state index is 5.58. The molecule has 0 aliphatic carbocycles. The molecule has 0 fully saturated rings. The molecule has 1 heterocycles. The molecule has 0 unspecified atom stereocenters. The molecule has 0 saturated heterocycles. The van der Waals surface area contributed by atoms with Gasteiger partial charge in [-0.2, -0.15) is 0 Å². The number of hydrogen-bond donors (Lipinski definition) is 1. The average Bonchev–Trinajstić information content (AvgIpc) is 2.48. The molecule has 20 heavy (non-hydrogen) atoms. The van der Waals surface area contributed by atoms with Gasteiger partial charge in [0.05, 0.1) is 5.69 Å². The van der Waals surface area contributed by atoms with E-state index in [4.69, 9.17) is 5.73 Å². The highest BCUT2D eigenvalue weighted by Crippen LogP contribution is 2.23. The Bertz CT molecular complexity index is 563. The summed E-state index contributed by atoms with van der Waals surface area (Å²) in [5.74, 6) is 0.718. The fourth-order valence-electron chi connectivity index (χ4n) is 2.10. The second-order valence-electron chi connectivity index (χ2n) is 4.96. The van der Waals surface area contributed by atoms with Crippen LogP contribution in [0.25, 0.3) is 11.3 Å². The van der Waals surface area contributed by atoms with Gasteiger partial charge in [-0.15, -0.1) is 0 Å². The van der Waals surface area contributed by atoms with E-state index < -0.39 is 0 Å². The van der Waals surface area contributed by atoms with Crippen LogP contribution < -0.4 is 10.6 Å². The first-order valence-electron chi connectivity index (χ1n) is 7.00. The van der Waals surface area contributed by atoms with Gasteiger partial charge in [0, 0.05) is 31.9 Å². The molecule has 0 aliphatic rings. The number of rotatable bonds is 5. The molecule has 0 aliphatic heterocycles. The van der Waals surface area contributed by atoms with Gasteiger partial charge >= 0.3 is 0 Å². The first-order valence-corrected chi connectivity index (χ1v) is 7.00. The van der Waals surface area contributed by atoms with Crippen molar-refractivity contribution >= 4 is 5.95 Å². The lowest BCUT2D eigenvalue weighted by Crippen LogP contribution is -2.26. The summed E-state index contributed by atoms with van der Waals surface area (Å²) in [4.78, 5) is 11.0. The third kappa shape index (κ3) is 3.14. The van der Waals surface area contributed by atoms with Gasteiger partial charge in [-0.25, -0.2) is 9.97 Å². The predicted octanol–water partition coefficient (Wildman–Crippen LogP) is 2.41. The van der Waals surface area contributed by atoms with Gasteiger partial charge in [0.1, 0.15) is 0 Å². The minimum absolute atomic E-state index is 0.592. The van der Waals surface area contributed by atoms with E-state index in [1.54, 1.807) is 0 Å². The molecule has 2 rings (SSSR count). The molecule has 2 N–H and O–H groups in total. The number of nitrogens with zero attached hydrogens (tertiary/aromatic N) is 3. The zero-order valence-electron chi connectivity index (χ0n) is 12.4. The molecule has 4 nitrogen and oxygen atoms in total. The zero-order chi connectivity index (χ0) is 14.5. The van der Waals surface area contributed by atoms with Crippen LogP contribution in [0.3, 0.4) is 0 Å². The van der Waals surface area contributed by atoms with Crippen molar-refractivity contribution in [2.24, 2.45) is 5.73 Å². The van der Waals surface area contributed by atoms with Crippen molar-refractivity contribution < 1.29 is 0 Å². The van der Waals surface area contributed by atoms with E-state index in [1.165, 1.54) is 5.56 Å². The van der Waals surface area contributed by atoms with Crippen molar-refractivity contribution in [3.8, 4) is 11.3 Å². The Morgan fingerprint density at radius 3 is 2.50 bits per heavy atom. The summed E-state index contributed by atoms with van der Waals surface area (Å²) in [6.45, 7) is 5.53. The van der Waals surface area contributed by atoms with Crippen LogP contribution in [-0.2, 0) is 6.42 Å². The van der Waals surface area contributed by atoms with E-state index in [0.29, 0.717) is 6.54 Å². The highest BCUT2D eigenvalue weighted by Gasteiger charge is 2.09. The Kier molecular flexibility index (Phi) is 4.69. The summed E-state index contributed by atoms with van der Waals surface area (Å²) in [5.41, 5.74) is 10.1. The first-order chi connectivity index (χ1) is 9.65. The smallest absolute Gasteiger partial charge is 0.225 e. The van der Waals surface area contributed by atoms with Gasteiger partial charge < -0.3 is 10.6 Å². The van der Waals surface area contributed by atoms with Crippen molar-refractivity contribution in [3.63, 3.8) is 0 Å². The zero-order valence-corrected chi connectivity index (χ0v) is 12.4. The van der Waals surface area contributed by atoms with Crippen LogP contribution in [0.4, 0.5) is 5.95 Å². The Hall–Kier alpha value is -1.94. The maximum Gasteiger partial charge on any atom is 0.225 e. The van der Waals surface area contributed by atoms with Gasteiger partial charge in [-0.05, 0) is 24.5 Å². The Labute approximate surface area is 120 Å². The van der Waals surface area contributed by atoms with E-state index in [-0.39, 0.29) is 0 Å². The molecule has 4 heteroatoms. The minimum atomic E-state index is 0.592. The molecule has 0 atom stereocenters. The Morgan fingerprint density at radius 2 is 1.90 bits per heavy atom. The molecule has 106 valence electrons. The summed E-state index contributed by atoms with van der Waals surface area (Å²) in [7, 11) is 1.96. The molecule has 1 aromatic heterocycles. The Morgan fingerprint density at radius 1 is 1.20 bits per heavy atom. The number of benzene rings is 1. The van der Waals surface area contributed by atoms with Crippen molar-refractivity contribution in [2.75, 3.05) is 25.0 Å². The number of aromatic nitrogens is 2. The predicted molar refractivity (Wildman–Crippen MR) is 83.9 cm³/mol. The highest BCUT2D eigenvalue weighted by atomic mass is 15.2. The summed E-state index contributed by atoms with van der Waals surface area (Å²) < 4.78 is 0. The molecule has 0 amide bonds. The van der Waals surface area contributed by atoms with Crippen molar-refractivity contribution in [2.45, 2.75) is 20.3 Å². The van der Waals surface area contributed by atoms with Gasteiger partial charge in [0.15, 0.2) is 0 Å². The van der Waals surface area contributed by atoms with Crippen LogP contribution in [0, 0.1) is 6.92 Å². The standard InChI is InChI=1S/C16H22N4/c1-4-13-5-7-14(8-6-13)15-12(2)11-18-16(19-15)20(3)10-9-17/h5-8,11H,4,9-10,17H2,1-3H3. The molecule has 2 aromatic rings. The Balaban J connectivity index is 2.36. The molecular weight excluding hydrogens is 248 g/mol. The number of aryl methyl sites for hydroxylation is 2.